The number of nitrogens with zero attached hydrogens (tertiary/aromatic N) is 1. The van der Waals surface area contributed by atoms with E-state index in [0.29, 0.717) is 5.54 Å². The van der Waals surface area contributed by atoms with Gasteiger partial charge in [0.1, 0.15) is 0 Å². The Balaban J connectivity index is 2.19. The number of hydrogen-bond donors (Lipinski definition) is 0. The smallest absolute Gasteiger partial charge is 0.0656 e. The van der Waals surface area contributed by atoms with Gasteiger partial charge in [-0.05, 0) is 25.8 Å². The highest BCUT2D eigenvalue weighted by Crippen LogP contribution is 2.35. The van der Waals surface area contributed by atoms with Crippen molar-refractivity contribution in [2.75, 3.05) is 26.8 Å². The van der Waals surface area contributed by atoms with Crippen LogP contribution >= 0.6 is 0 Å². The van der Waals surface area contributed by atoms with Crippen molar-refractivity contribution in [3.63, 3.8) is 0 Å². The van der Waals surface area contributed by atoms with Crippen molar-refractivity contribution in [1.29, 1.82) is 0 Å². The lowest BCUT2D eigenvalue weighted by atomic mass is 9.77. The fourth-order valence-corrected chi connectivity index (χ4v) is 2.52. The minimum Gasteiger partial charge on any atom is -0.379 e. The van der Waals surface area contributed by atoms with Crippen LogP contribution in [0.5, 0.6) is 0 Å². The van der Waals surface area contributed by atoms with Crippen LogP contribution in [0.4, 0.5) is 0 Å². The van der Waals surface area contributed by atoms with Crippen molar-refractivity contribution >= 4 is 0 Å². The van der Waals surface area contributed by atoms with Gasteiger partial charge in [0, 0.05) is 13.2 Å². The summed E-state index contributed by atoms with van der Waals surface area (Å²) in [6, 6.07) is 0. The normalized spacial score (nSPS) is 41.2. The SMILES string of the molecule is C[C@H]1CCOC[C@]12CC=CCN2C. The highest BCUT2D eigenvalue weighted by Gasteiger charge is 2.42. The third-order valence-electron chi connectivity index (χ3n) is 3.74. The summed E-state index contributed by atoms with van der Waals surface area (Å²) in [6.07, 6.45) is 6.93. The van der Waals surface area contributed by atoms with Gasteiger partial charge in [-0.2, -0.15) is 0 Å². The van der Waals surface area contributed by atoms with Crippen LogP contribution in [0.15, 0.2) is 12.2 Å². The fourth-order valence-electron chi connectivity index (χ4n) is 2.52. The summed E-state index contributed by atoms with van der Waals surface area (Å²) in [6.45, 7) is 5.29. The van der Waals surface area contributed by atoms with E-state index < -0.39 is 0 Å². The van der Waals surface area contributed by atoms with Crippen molar-refractivity contribution in [2.45, 2.75) is 25.3 Å². The van der Waals surface area contributed by atoms with Crippen LogP contribution in [0, 0.1) is 5.92 Å². The van der Waals surface area contributed by atoms with Crippen molar-refractivity contribution in [3.8, 4) is 0 Å². The quantitative estimate of drug-likeness (QED) is 0.527. The first-order valence-electron chi connectivity index (χ1n) is 5.20. The lowest BCUT2D eigenvalue weighted by Gasteiger charge is -2.49. The molecule has 13 heavy (non-hydrogen) atoms. The first kappa shape index (κ1) is 9.22. The van der Waals surface area contributed by atoms with E-state index in [2.05, 4.69) is 31.0 Å². The molecule has 0 bridgehead atoms. The summed E-state index contributed by atoms with van der Waals surface area (Å²) in [4.78, 5) is 2.46. The molecule has 0 aromatic rings. The van der Waals surface area contributed by atoms with Crippen molar-refractivity contribution in [2.24, 2.45) is 5.92 Å². The zero-order chi connectivity index (χ0) is 9.31. The van der Waals surface area contributed by atoms with Crippen LogP contribution in [0.25, 0.3) is 0 Å². The average molecular weight is 181 g/mol. The molecule has 0 saturated carbocycles. The molecular weight excluding hydrogens is 162 g/mol. The van der Waals surface area contributed by atoms with Gasteiger partial charge in [0.05, 0.1) is 12.1 Å². The summed E-state index contributed by atoms with van der Waals surface area (Å²) < 4.78 is 5.63. The Hall–Kier alpha value is -0.340. The summed E-state index contributed by atoms with van der Waals surface area (Å²) in [5.74, 6) is 0.760. The molecule has 2 heterocycles. The molecule has 1 spiro atoms. The largest absolute Gasteiger partial charge is 0.379 e. The molecule has 0 amide bonds. The standard InChI is InChI=1S/C11H19NO/c1-10-5-8-13-9-11(10)6-3-4-7-12(11)2/h3-4,10H,5-9H2,1-2H3/t10-,11+/m0/s1. The molecule has 1 saturated heterocycles. The Morgan fingerprint density at radius 3 is 3.00 bits per heavy atom. The van der Waals surface area contributed by atoms with Gasteiger partial charge in [-0.3, -0.25) is 4.90 Å². The second-order valence-corrected chi connectivity index (χ2v) is 4.40. The Labute approximate surface area is 80.6 Å². The maximum absolute atomic E-state index is 5.63. The molecule has 0 aromatic carbocycles. The van der Waals surface area contributed by atoms with Crippen LogP contribution in [0.2, 0.25) is 0 Å². The van der Waals surface area contributed by atoms with E-state index in [1.165, 1.54) is 6.42 Å². The van der Waals surface area contributed by atoms with E-state index >= 15 is 0 Å². The molecule has 0 unspecified atom stereocenters. The number of hydrogen-bond acceptors (Lipinski definition) is 2. The zero-order valence-electron chi connectivity index (χ0n) is 8.62. The van der Waals surface area contributed by atoms with Gasteiger partial charge in [0.15, 0.2) is 0 Å². The Morgan fingerprint density at radius 2 is 2.31 bits per heavy atom. The van der Waals surface area contributed by atoms with Crippen LogP contribution in [-0.4, -0.2) is 37.2 Å². The van der Waals surface area contributed by atoms with Crippen molar-refractivity contribution in [1.82, 2.24) is 4.90 Å². The molecule has 2 aliphatic rings. The van der Waals surface area contributed by atoms with Gasteiger partial charge in [-0.15, -0.1) is 0 Å². The third-order valence-corrected chi connectivity index (χ3v) is 3.74. The predicted molar refractivity (Wildman–Crippen MR) is 53.7 cm³/mol. The van der Waals surface area contributed by atoms with Crippen LogP contribution in [0.1, 0.15) is 19.8 Å². The maximum Gasteiger partial charge on any atom is 0.0656 e. The second kappa shape index (κ2) is 3.43. The lowest BCUT2D eigenvalue weighted by Crippen LogP contribution is -2.58. The van der Waals surface area contributed by atoms with E-state index in [1.54, 1.807) is 0 Å². The monoisotopic (exact) mass is 181 g/mol. The molecule has 0 radical (unpaired) electrons. The average Bonchev–Trinajstić information content (AvgIpc) is 2.15. The molecule has 0 aromatic heterocycles. The van der Waals surface area contributed by atoms with Crippen LogP contribution in [0.3, 0.4) is 0 Å². The first-order valence-corrected chi connectivity index (χ1v) is 5.20. The number of rotatable bonds is 0. The zero-order valence-corrected chi connectivity index (χ0v) is 8.62. The van der Waals surface area contributed by atoms with Gasteiger partial charge in [0.25, 0.3) is 0 Å². The minimum atomic E-state index is 0.299. The summed E-state index contributed by atoms with van der Waals surface area (Å²) in [7, 11) is 2.22. The highest BCUT2D eigenvalue weighted by molar-refractivity contribution is 5.07. The molecule has 2 aliphatic heterocycles. The van der Waals surface area contributed by atoms with Gasteiger partial charge >= 0.3 is 0 Å². The Bertz CT molecular complexity index is 214. The van der Waals surface area contributed by atoms with Gasteiger partial charge < -0.3 is 4.74 Å². The molecule has 2 heteroatoms. The third kappa shape index (κ3) is 1.42. The van der Waals surface area contributed by atoms with E-state index in [0.717, 1.165) is 32.1 Å². The molecule has 1 fully saturated rings. The predicted octanol–water partition coefficient (Wildman–Crippen LogP) is 1.67. The highest BCUT2D eigenvalue weighted by atomic mass is 16.5. The molecule has 0 aliphatic carbocycles. The summed E-state index contributed by atoms with van der Waals surface area (Å²) in [5.41, 5.74) is 0.299. The minimum absolute atomic E-state index is 0.299. The Morgan fingerprint density at radius 1 is 1.46 bits per heavy atom. The lowest BCUT2D eigenvalue weighted by molar-refractivity contribution is -0.0712. The topological polar surface area (TPSA) is 12.5 Å². The Kier molecular flexibility index (Phi) is 2.43. The second-order valence-electron chi connectivity index (χ2n) is 4.40. The molecule has 0 N–H and O–H groups in total. The van der Waals surface area contributed by atoms with E-state index in [9.17, 15) is 0 Å². The van der Waals surface area contributed by atoms with Crippen LogP contribution < -0.4 is 0 Å². The fraction of sp³-hybridized carbons (Fsp3) is 0.818. The van der Waals surface area contributed by atoms with Gasteiger partial charge in [-0.25, -0.2) is 0 Å². The van der Waals surface area contributed by atoms with Crippen molar-refractivity contribution in [3.05, 3.63) is 12.2 Å². The number of likely N-dealkylation sites (N-methyl/N-ethyl adjacent to an activating group) is 1. The first-order chi connectivity index (χ1) is 6.26. The molecule has 2 nitrogen and oxygen atoms in total. The van der Waals surface area contributed by atoms with E-state index in [-0.39, 0.29) is 0 Å². The van der Waals surface area contributed by atoms with E-state index in [1.807, 2.05) is 0 Å². The molecule has 2 rings (SSSR count). The van der Waals surface area contributed by atoms with Crippen molar-refractivity contribution < 1.29 is 4.74 Å². The van der Waals surface area contributed by atoms with Gasteiger partial charge in [-0.1, -0.05) is 19.1 Å². The van der Waals surface area contributed by atoms with Gasteiger partial charge in [0.2, 0.25) is 0 Å². The maximum atomic E-state index is 5.63. The molecule has 2 atom stereocenters. The van der Waals surface area contributed by atoms with Crippen LogP contribution in [-0.2, 0) is 4.74 Å². The summed E-state index contributed by atoms with van der Waals surface area (Å²) in [5, 5.41) is 0. The molecule has 74 valence electrons. The number of ether oxygens (including phenoxy) is 1. The summed E-state index contributed by atoms with van der Waals surface area (Å²) >= 11 is 0. The van der Waals surface area contributed by atoms with E-state index in [4.69, 9.17) is 4.74 Å². The molecular formula is C11H19NO.